The lowest BCUT2D eigenvalue weighted by molar-refractivity contribution is -0.184. The largest absolute Gasteiger partial charge is 0.348 e. The topological polar surface area (TPSA) is 38.8 Å². The molecule has 114 valence electrons. The molecule has 3 aliphatic rings. The van der Waals surface area contributed by atoms with Gasteiger partial charge in [0.1, 0.15) is 0 Å². The van der Waals surface area contributed by atoms with Gasteiger partial charge in [-0.15, -0.1) is 11.8 Å². The molecule has 0 aromatic heterocycles. The highest BCUT2D eigenvalue weighted by atomic mass is 32.2. The van der Waals surface area contributed by atoms with Crippen molar-refractivity contribution in [2.24, 2.45) is 0 Å². The van der Waals surface area contributed by atoms with Crippen molar-refractivity contribution >= 4 is 17.7 Å². The van der Waals surface area contributed by atoms with Gasteiger partial charge in [0.15, 0.2) is 5.79 Å². The Hall–Kier alpha value is -0.260. The van der Waals surface area contributed by atoms with Gasteiger partial charge in [0, 0.05) is 25.9 Å². The fraction of sp³-hybridized carbons (Fsp3) is 0.933. The molecule has 1 saturated carbocycles. The molecule has 0 N–H and O–H groups in total. The summed E-state index contributed by atoms with van der Waals surface area (Å²) >= 11 is 1.82. The van der Waals surface area contributed by atoms with Gasteiger partial charge in [-0.3, -0.25) is 4.79 Å². The fourth-order valence-electron chi connectivity index (χ4n) is 3.70. The SMILES string of the molecule is CN(C(=O)C1(C)CCCS1)C1CCC2(CC1)OCCO2. The molecule has 0 bridgehead atoms. The van der Waals surface area contributed by atoms with Crippen molar-refractivity contribution in [3.63, 3.8) is 0 Å². The smallest absolute Gasteiger partial charge is 0.238 e. The summed E-state index contributed by atoms with van der Waals surface area (Å²) in [6, 6.07) is 0.346. The molecule has 1 amide bonds. The predicted molar refractivity (Wildman–Crippen MR) is 79.8 cm³/mol. The zero-order valence-corrected chi connectivity index (χ0v) is 13.3. The van der Waals surface area contributed by atoms with Crippen molar-refractivity contribution in [3.05, 3.63) is 0 Å². The number of rotatable bonds is 2. The van der Waals surface area contributed by atoms with Crippen molar-refractivity contribution in [1.82, 2.24) is 4.90 Å². The van der Waals surface area contributed by atoms with Crippen LogP contribution in [0, 0.1) is 0 Å². The van der Waals surface area contributed by atoms with E-state index in [1.807, 2.05) is 23.7 Å². The summed E-state index contributed by atoms with van der Waals surface area (Å²) in [5.74, 6) is 1.10. The molecule has 2 heterocycles. The highest BCUT2D eigenvalue weighted by molar-refractivity contribution is 8.01. The fourth-order valence-corrected chi connectivity index (χ4v) is 5.00. The van der Waals surface area contributed by atoms with E-state index in [0.717, 1.165) is 44.3 Å². The van der Waals surface area contributed by atoms with Crippen molar-refractivity contribution in [3.8, 4) is 0 Å². The number of hydrogen-bond donors (Lipinski definition) is 0. The molecule has 0 aromatic rings. The summed E-state index contributed by atoms with van der Waals surface area (Å²) in [5, 5.41) is 0. The average molecular weight is 299 g/mol. The third-order valence-electron chi connectivity index (χ3n) is 5.07. The predicted octanol–water partition coefficient (Wildman–Crippen LogP) is 2.42. The maximum Gasteiger partial charge on any atom is 0.238 e. The molecule has 1 aliphatic carbocycles. The van der Waals surface area contributed by atoms with Crippen LogP contribution in [0.3, 0.4) is 0 Å². The lowest BCUT2D eigenvalue weighted by atomic mass is 9.88. The number of carbonyl (C=O) groups is 1. The van der Waals surface area contributed by atoms with Crippen LogP contribution in [-0.4, -0.2) is 53.4 Å². The van der Waals surface area contributed by atoms with Crippen LogP contribution in [0.4, 0.5) is 0 Å². The van der Waals surface area contributed by atoms with E-state index >= 15 is 0 Å². The normalized spacial score (nSPS) is 33.7. The Morgan fingerprint density at radius 2 is 1.85 bits per heavy atom. The summed E-state index contributed by atoms with van der Waals surface area (Å²) in [6.07, 6.45) is 5.99. The first-order valence-electron chi connectivity index (χ1n) is 7.74. The van der Waals surface area contributed by atoms with Gasteiger partial charge in [-0.2, -0.15) is 0 Å². The van der Waals surface area contributed by atoms with Gasteiger partial charge in [0.2, 0.25) is 5.91 Å². The van der Waals surface area contributed by atoms with Gasteiger partial charge in [0.05, 0.1) is 18.0 Å². The van der Waals surface area contributed by atoms with Crippen molar-refractivity contribution in [2.45, 2.75) is 62.0 Å². The Kier molecular flexibility index (Phi) is 4.04. The Morgan fingerprint density at radius 3 is 2.40 bits per heavy atom. The van der Waals surface area contributed by atoms with Crippen LogP contribution in [0.1, 0.15) is 45.4 Å². The zero-order valence-electron chi connectivity index (χ0n) is 12.5. The molecule has 1 atom stereocenters. The van der Waals surface area contributed by atoms with E-state index < -0.39 is 0 Å². The van der Waals surface area contributed by atoms with E-state index in [-0.39, 0.29) is 10.5 Å². The number of hydrogen-bond acceptors (Lipinski definition) is 4. The van der Waals surface area contributed by atoms with E-state index in [1.54, 1.807) is 0 Å². The van der Waals surface area contributed by atoms with Crippen LogP contribution in [-0.2, 0) is 14.3 Å². The van der Waals surface area contributed by atoms with Gasteiger partial charge in [-0.05, 0) is 38.4 Å². The third kappa shape index (κ3) is 2.60. The lowest BCUT2D eigenvalue weighted by Crippen LogP contribution is -2.50. The first-order valence-corrected chi connectivity index (χ1v) is 8.72. The van der Waals surface area contributed by atoms with Gasteiger partial charge in [0.25, 0.3) is 0 Å². The molecule has 2 saturated heterocycles. The van der Waals surface area contributed by atoms with Crippen LogP contribution in [0.25, 0.3) is 0 Å². The maximum atomic E-state index is 12.7. The second-order valence-electron chi connectivity index (χ2n) is 6.44. The number of amides is 1. The summed E-state index contributed by atoms with van der Waals surface area (Å²) in [4.78, 5) is 14.7. The summed E-state index contributed by atoms with van der Waals surface area (Å²) in [7, 11) is 1.98. The van der Waals surface area contributed by atoms with E-state index in [1.165, 1.54) is 0 Å². The highest BCUT2D eigenvalue weighted by Crippen LogP contribution is 2.41. The first kappa shape index (κ1) is 14.7. The van der Waals surface area contributed by atoms with Gasteiger partial charge >= 0.3 is 0 Å². The standard InChI is InChI=1S/C15H25NO3S/c1-14(6-3-11-20-14)13(17)16(2)12-4-7-15(8-5-12)18-9-10-19-15/h12H,3-11H2,1-2H3. The monoisotopic (exact) mass is 299 g/mol. The quantitative estimate of drug-likeness (QED) is 0.785. The second-order valence-corrected chi connectivity index (χ2v) is 8.04. The molecule has 0 aromatic carbocycles. The molecule has 20 heavy (non-hydrogen) atoms. The minimum Gasteiger partial charge on any atom is -0.348 e. The number of nitrogens with zero attached hydrogens (tertiary/aromatic N) is 1. The Morgan fingerprint density at radius 1 is 1.20 bits per heavy atom. The first-order chi connectivity index (χ1) is 9.55. The second kappa shape index (κ2) is 5.50. The Bertz CT molecular complexity index is 365. The van der Waals surface area contributed by atoms with Gasteiger partial charge in [-0.1, -0.05) is 0 Å². The molecule has 4 nitrogen and oxygen atoms in total. The average Bonchev–Trinajstić information content (AvgIpc) is 3.09. The number of ether oxygens (including phenoxy) is 2. The summed E-state index contributed by atoms with van der Waals surface area (Å²) < 4.78 is 11.3. The zero-order chi connectivity index (χ0) is 14.2. The molecule has 1 unspecified atom stereocenters. The number of thioether (sulfide) groups is 1. The van der Waals surface area contributed by atoms with E-state index in [4.69, 9.17) is 9.47 Å². The Labute approximate surface area is 125 Å². The van der Waals surface area contributed by atoms with E-state index in [9.17, 15) is 4.79 Å². The maximum absolute atomic E-state index is 12.7. The van der Waals surface area contributed by atoms with Crippen LogP contribution >= 0.6 is 11.8 Å². The van der Waals surface area contributed by atoms with Gasteiger partial charge in [-0.25, -0.2) is 0 Å². The molecule has 5 heteroatoms. The van der Waals surface area contributed by atoms with Crippen LogP contribution in [0.5, 0.6) is 0 Å². The van der Waals surface area contributed by atoms with Crippen molar-refractivity contribution in [1.29, 1.82) is 0 Å². The van der Waals surface area contributed by atoms with E-state index in [2.05, 4.69) is 6.92 Å². The Balaban J connectivity index is 1.58. The van der Waals surface area contributed by atoms with Crippen LogP contribution in [0.2, 0.25) is 0 Å². The molecular weight excluding hydrogens is 274 g/mol. The molecule has 0 radical (unpaired) electrons. The lowest BCUT2D eigenvalue weighted by Gasteiger charge is -2.41. The summed E-state index contributed by atoms with van der Waals surface area (Å²) in [5.41, 5.74) is 0. The molecule has 2 aliphatic heterocycles. The van der Waals surface area contributed by atoms with Crippen molar-refractivity contribution < 1.29 is 14.3 Å². The minimum atomic E-state index is -0.327. The minimum absolute atomic E-state index is 0.190. The third-order valence-corrected chi connectivity index (χ3v) is 6.58. The van der Waals surface area contributed by atoms with Crippen molar-refractivity contribution in [2.75, 3.05) is 26.0 Å². The van der Waals surface area contributed by atoms with Crippen LogP contribution in [0.15, 0.2) is 0 Å². The van der Waals surface area contributed by atoms with Crippen LogP contribution < -0.4 is 0 Å². The summed E-state index contributed by atoms with van der Waals surface area (Å²) in [6.45, 7) is 3.54. The number of carbonyl (C=O) groups excluding carboxylic acids is 1. The highest BCUT2D eigenvalue weighted by Gasteiger charge is 2.45. The molecule has 3 fully saturated rings. The van der Waals surface area contributed by atoms with Gasteiger partial charge < -0.3 is 14.4 Å². The molecule has 1 spiro atoms. The molecule has 3 rings (SSSR count). The van der Waals surface area contributed by atoms with E-state index in [0.29, 0.717) is 25.2 Å². The molecular formula is C15H25NO3S.